The van der Waals surface area contributed by atoms with Crippen molar-refractivity contribution in [1.29, 1.82) is 0 Å². The van der Waals surface area contributed by atoms with E-state index in [2.05, 4.69) is 4.98 Å². The van der Waals surface area contributed by atoms with Gasteiger partial charge in [-0.3, -0.25) is 4.98 Å². The third-order valence-corrected chi connectivity index (χ3v) is 5.30. The molecule has 0 aliphatic carbocycles. The van der Waals surface area contributed by atoms with Crippen molar-refractivity contribution < 1.29 is 22.3 Å². The first-order valence-electron chi connectivity index (χ1n) is 7.75. The molecule has 0 aliphatic rings. The molecule has 0 aliphatic heterocycles. The van der Waals surface area contributed by atoms with E-state index in [1.807, 2.05) is 0 Å². The van der Waals surface area contributed by atoms with E-state index in [9.17, 15) is 17.6 Å². The molecule has 3 rings (SSSR count). The summed E-state index contributed by atoms with van der Waals surface area (Å²) in [5.41, 5.74) is 0.0862. The van der Waals surface area contributed by atoms with E-state index in [1.54, 1.807) is 13.0 Å². The third kappa shape index (κ3) is 3.23. The van der Waals surface area contributed by atoms with Gasteiger partial charge in [0.1, 0.15) is 10.7 Å². The molecule has 3 aromatic rings. The number of esters is 1. The Labute approximate surface area is 149 Å². The Balaban J connectivity index is 2.24. The number of ether oxygens (including phenoxy) is 1. The smallest absolute Gasteiger partial charge is 0.339 e. The lowest BCUT2D eigenvalue weighted by Crippen LogP contribution is -2.14. The van der Waals surface area contributed by atoms with Crippen LogP contribution in [0.25, 0.3) is 11.3 Å². The maximum Gasteiger partial charge on any atom is 0.339 e. The highest BCUT2D eigenvalue weighted by Gasteiger charge is 2.25. The average molecular weight is 374 g/mol. The second kappa shape index (κ2) is 7.09. The zero-order chi connectivity index (χ0) is 18.7. The number of rotatable bonds is 5. The molecule has 0 fully saturated rings. The molecule has 0 saturated carbocycles. The van der Waals surface area contributed by atoms with Crippen LogP contribution < -0.4 is 0 Å². The summed E-state index contributed by atoms with van der Waals surface area (Å²) in [6, 6.07) is 9.87. The van der Waals surface area contributed by atoms with Gasteiger partial charge in [-0.2, -0.15) is 0 Å². The van der Waals surface area contributed by atoms with E-state index >= 15 is 0 Å². The molecule has 0 unspecified atom stereocenters. The molecule has 0 bridgehead atoms. The number of carbonyl (C=O) groups is 1. The van der Waals surface area contributed by atoms with Crippen LogP contribution in [0.3, 0.4) is 0 Å². The Morgan fingerprint density at radius 1 is 1.23 bits per heavy atom. The van der Waals surface area contributed by atoms with Gasteiger partial charge < -0.3 is 4.74 Å². The highest BCUT2D eigenvalue weighted by Crippen LogP contribution is 2.29. The third-order valence-electron chi connectivity index (χ3n) is 3.64. The Morgan fingerprint density at radius 3 is 2.65 bits per heavy atom. The normalized spacial score (nSPS) is 11.3. The van der Waals surface area contributed by atoms with Crippen LogP contribution in [0, 0.1) is 5.82 Å². The molecule has 2 heterocycles. The molecule has 1 aromatic carbocycles. The summed E-state index contributed by atoms with van der Waals surface area (Å²) in [5, 5.41) is 0. The van der Waals surface area contributed by atoms with Crippen LogP contribution in [0.2, 0.25) is 0 Å². The minimum Gasteiger partial charge on any atom is -0.462 e. The molecule has 0 saturated heterocycles. The molecule has 6 nitrogen and oxygen atoms in total. The van der Waals surface area contributed by atoms with Gasteiger partial charge >= 0.3 is 5.97 Å². The quantitative estimate of drug-likeness (QED) is 0.641. The zero-order valence-electron chi connectivity index (χ0n) is 13.8. The van der Waals surface area contributed by atoms with Crippen LogP contribution in [-0.4, -0.2) is 30.0 Å². The SMILES string of the molecule is CCOC(=O)c1cc(-c2ccccc2F)n(S(=O)(=O)c2cccnc2)c1. The summed E-state index contributed by atoms with van der Waals surface area (Å²) in [4.78, 5) is 15.8. The van der Waals surface area contributed by atoms with Gasteiger partial charge in [0.15, 0.2) is 0 Å². The second-order valence-corrected chi connectivity index (χ2v) is 7.12. The van der Waals surface area contributed by atoms with Gasteiger partial charge in [-0.15, -0.1) is 0 Å². The van der Waals surface area contributed by atoms with Crippen molar-refractivity contribution in [2.45, 2.75) is 11.8 Å². The molecule has 0 radical (unpaired) electrons. The van der Waals surface area contributed by atoms with Crippen LogP contribution in [0.4, 0.5) is 4.39 Å². The van der Waals surface area contributed by atoms with Gasteiger partial charge in [-0.25, -0.2) is 21.6 Å². The first-order valence-corrected chi connectivity index (χ1v) is 9.19. The van der Waals surface area contributed by atoms with Crippen molar-refractivity contribution in [3.05, 3.63) is 72.4 Å². The summed E-state index contributed by atoms with van der Waals surface area (Å²) in [7, 11) is -4.08. The van der Waals surface area contributed by atoms with Crippen LogP contribution in [0.15, 0.2) is 66.0 Å². The van der Waals surface area contributed by atoms with Gasteiger partial charge in [0.2, 0.25) is 0 Å². The monoisotopic (exact) mass is 374 g/mol. The molecule has 0 atom stereocenters. The molecule has 26 heavy (non-hydrogen) atoms. The van der Waals surface area contributed by atoms with Gasteiger partial charge in [0, 0.05) is 24.2 Å². The Bertz CT molecular complexity index is 1050. The van der Waals surface area contributed by atoms with Gasteiger partial charge in [-0.05, 0) is 37.3 Å². The predicted octanol–water partition coefficient (Wildman–Crippen LogP) is 3.10. The first-order chi connectivity index (χ1) is 12.4. The minimum atomic E-state index is -4.08. The molecule has 0 spiro atoms. The summed E-state index contributed by atoms with van der Waals surface area (Å²) < 4.78 is 46.0. The van der Waals surface area contributed by atoms with Crippen molar-refractivity contribution in [3.63, 3.8) is 0 Å². The molecule has 8 heteroatoms. The van der Waals surface area contributed by atoms with E-state index in [1.165, 1.54) is 48.8 Å². The minimum absolute atomic E-state index is 0.0116. The predicted molar refractivity (Wildman–Crippen MR) is 92.6 cm³/mol. The Morgan fingerprint density at radius 2 is 2.00 bits per heavy atom. The first kappa shape index (κ1) is 17.8. The Hall–Kier alpha value is -3.00. The van der Waals surface area contributed by atoms with E-state index in [4.69, 9.17) is 4.74 Å². The average Bonchev–Trinajstić information content (AvgIpc) is 3.09. The van der Waals surface area contributed by atoms with Gasteiger partial charge in [0.05, 0.1) is 17.9 Å². The number of halogens is 1. The summed E-state index contributed by atoms with van der Waals surface area (Å²) in [5.74, 6) is -1.30. The second-order valence-electron chi connectivity index (χ2n) is 5.30. The van der Waals surface area contributed by atoms with E-state index < -0.39 is 21.8 Å². The number of aromatic nitrogens is 2. The van der Waals surface area contributed by atoms with Crippen molar-refractivity contribution in [3.8, 4) is 11.3 Å². The fourth-order valence-electron chi connectivity index (χ4n) is 2.45. The summed E-state index contributed by atoms with van der Waals surface area (Å²) >= 11 is 0. The largest absolute Gasteiger partial charge is 0.462 e. The molecule has 134 valence electrons. The summed E-state index contributed by atoms with van der Waals surface area (Å²) in [6.45, 7) is 1.77. The molecular formula is C18H15FN2O4S. The maximum atomic E-state index is 14.3. The van der Waals surface area contributed by atoms with E-state index in [0.717, 1.165) is 10.2 Å². The molecule has 0 amide bonds. The van der Waals surface area contributed by atoms with Gasteiger partial charge in [-0.1, -0.05) is 12.1 Å². The lowest BCUT2D eigenvalue weighted by Gasteiger charge is -2.10. The van der Waals surface area contributed by atoms with Gasteiger partial charge in [0.25, 0.3) is 10.0 Å². The Kier molecular flexibility index (Phi) is 4.85. The van der Waals surface area contributed by atoms with Crippen LogP contribution in [0.5, 0.6) is 0 Å². The fourth-order valence-corrected chi connectivity index (χ4v) is 3.78. The van der Waals surface area contributed by atoms with E-state index in [-0.39, 0.29) is 28.3 Å². The van der Waals surface area contributed by atoms with Crippen molar-refractivity contribution in [1.82, 2.24) is 8.96 Å². The molecule has 0 N–H and O–H groups in total. The maximum absolute atomic E-state index is 14.3. The zero-order valence-corrected chi connectivity index (χ0v) is 14.6. The molecule has 2 aromatic heterocycles. The summed E-state index contributed by atoms with van der Waals surface area (Å²) in [6.07, 6.45) is 3.75. The van der Waals surface area contributed by atoms with Crippen molar-refractivity contribution in [2.75, 3.05) is 6.61 Å². The number of nitrogens with zero attached hydrogens (tertiary/aromatic N) is 2. The van der Waals surface area contributed by atoms with Crippen LogP contribution in [-0.2, 0) is 14.8 Å². The highest BCUT2D eigenvalue weighted by molar-refractivity contribution is 7.90. The number of hydrogen-bond acceptors (Lipinski definition) is 5. The number of pyridine rings is 1. The van der Waals surface area contributed by atoms with Crippen molar-refractivity contribution >= 4 is 16.0 Å². The van der Waals surface area contributed by atoms with Crippen LogP contribution in [0.1, 0.15) is 17.3 Å². The number of benzene rings is 1. The standard InChI is InChI=1S/C18H15FN2O4S/c1-2-25-18(22)13-10-17(15-7-3-4-8-16(15)19)21(12-13)26(23,24)14-6-5-9-20-11-14/h3-12H,2H2,1H3. The fraction of sp³-hybridized carbons (Fsp3) is 0.111. The topological polar surface area (TPSA) is 78.3 Å². The molecular weight excluding hydrogens is 359 g/mol. The lowest BCUT2D eigenvalue weighted by molar-refractivity contribution is 0.0526. The van der Waals surface area contributed by atoms with E-state index in [0.29, 0.717) is 0 Å². The number of hydrogen-bond donors (Lipinski definition) is 0. The van der Waals surface area contributed by atoms with Crippen molar-refractivity contribution in [2.24, 2.45) is 0 Å². The lowest BCUT2D eigenvalue weighted by atomic mass is 10.1. The van der Waals surface area contributed by atoms with Crippen LogP contribution >= 0.6 is 0 Å². The number of carbonyl (C=O) groups excluding carboxylic acids is 1. The highest BCUT2D eigenvalue weighted by atomic mass is 32.2.